The minimum absolute atomic E-state index is 0.0787. The summed E-state index contributed by atoms with van der Waals surface area (Å²) in [5, 5.41) is 14.0. The number of likely N-dealkylation sites (N-methyl/N-ethyl adjacent to an activating group) is 1. The van der Waals surface area contributed by atoms with E-state index >= 15 is 0 Å². The summed E-state index contributed by atoms with van der Waals surface area (Å²) < 4.78 is 23.7. The molecule has 0 aromatic rings. The highest BCUT2D eigenvalue weighted by Gasteiger charge is 2.28. The molecule has 0 bridgehead atoms. The van der Waals surface area contributed by atoms with Crippen molar-refractivity contribution in [3.63, 3.8) is 0 Å². The highest BCUT2D eigenvalue weighted by molar-refractivity contribution is 7.47. The second-order valence-electron chi connectivity index (χ2n) is 17.5. The van der Waals surface area contributed by atoms with Crippen LogP contribution in [0.3, 0.4) is 0 Å². The molecule has 0 aliphatic rings. The molecule has 0 saturated heterocycles. The molecule has 0 rings (SSSR count). The van der Waals surface area contributed by atoms with Gasteiger partial charge in [0.1, 0.15) is 13.2 Å². The van der Waals surface area contributed by atoms with Gasteiger partial charge in [-0.1, -0.05) is 213 Å². The summed E-state index contributed by atoms with van der Waals surface area (Å²) in [7, 11) is 1.63. The molecule has 0 saturated carbocycles. The third kappa shape index (κ3) is 39.7. The molecular formula is C45H94N2O6P+. The average Bonchev–Trinajstić information content (AvgIpc) is 3.12. The SMILES string of the molecule is CCCCCCCCCCCCCCCCCCC(=O)NC(COP(=O)(O)OCC[N+](C)(C)C)C(O)CCCCCCCCCCCCCCCCCC. The molecule has 324 valence electrons. The Labute approximate surface area is 336 Å². The molecule has 0 fully saturated rings. The van der Waals surface area contributed by atoms with Crippen LogP contribution in [-0.4, -0.2) is 73.4 Å². The van der Waals surface area contributed by atoms with Crippen LogP contribution in [0.1, 0.15) is 232 Å². The molecule has 54 heavy (non-hydrogen) atoms. The van der Waals surface area contributed by atoms with Crippen molar-refractivity contribution in [2.45, 2.75) is 244 Å². The van der Waals surface area contributed by atoms with E-state index in [-0.39, 0.29) is 19.1 Å². The zero-order chi connectivity index (χ0) is 40.0. The Morgan fingerprint density at radius 1 is 0.556 bits per heavy atom. The van der Waals surface area contributed by atoms with Crippen LogP contribution in [0, 0.1) is 0 Å². The topological polar surface area (TPSA) is 105 Å². The molecule has 3 N–H and O–H groups in total. The maximum Gasteiger partial charge on any atom is 0.472 e. The number of phosphoric ester groups is 1. The summed E-state index contributed by atoms with van der Waals surface area (Å²) in [6, 6.07) is -0.752. The number of hydrogen-bond donors (Lipinski definition) is 3. The number of aliphatic hydroxyl groups excluding tert-OH is 1. The lowest BCUT2D eigenvalue weighted by Crippen LogP contribution is -2.46. The second-order valence-corrected chi connectivity index (χ2v) is 19.0. The Bertz CT molecular complexity index is 855. The van der Waals surface area contributed by atoms with Gasteiger partial charge in [-0.2, -0.15) is 0 Å². The van der Waals surface area contributed by atoms with Crippen molar-refractivity contribution in [1.29, 1.82) is 0 Å². The van der Waals surface area contributed by atoms with E-state index in [1.165, 1.54) is 167 Å². The summed E-state index contributed by atoms with van der Waals surface area (Å²) in [4.78, 5) is 23.2. The quantitative estimate of drug-likeness (QED) is 0.0323. The van der Waals surface area contributed by atoms with E-state index in [2.05, 4.69) is 19.2 Å². The van der Waals surface area contributed by atoms with Gasteiger partial charge < -0.3 is 19.8 Å². The Hall–Kier alpha value is -0.500. The predicted molar refractivity (Wildman–Crippen MR) is 231 cm³/mol. The monoisotopic (exact) mass is 790 g/mol. The first-order valence-electron chi connectivity index (χ1n) is 23.4. The second kappa shape index (κ2) is 38.0. The van der Waals surface area contributed by atoms with Gasteiger partial charge in [0, 0.05) is 6.42 Å². The van der Waals surface area contributed by atoms with E-state index < -0.39 is 20.0 Å². The summed E-state index contributed by atoms with van der Waals surface area (Å²) in [6.45, 7) is 4.91. The smallest absolute Gasteiger partial charge is 0.391 e. The van der Waals surface area contributed by atoms with E-state index in [0.29, 0.717) is 23.9 Å². The number of quaternary nitrogens is 1. The van der Waals surface area contributed by atoms with Gasteiger partial charge in [-0.05, 0) is 12.8 Å². The standard InChI is InChI=1S/C45H93N2O6P/c1-6-8-10-12-14-16-18-20-22-24-26-28-30-32-34-36-38-44(48)43(42-53-54(50,51)52-41-40-47(3,4)5)46-45(49)39-37-35-33-31-29-27-25-23-21-19-17-15-13-11-9-7-2/h43-44,48H,6-42H2,1-5H3,(H-,46,49,50,51)/p+1. The number of phosphoric acid groups is 1. The molecule has 0 aliphatic carbocycles. The minimum atomic E-state index is -4.31. The van der Waals surface area contributed by atoms with Crippen molar-refractivity contribution in [2.24, 2.45) is 0 Å². The number of nitrogens with zero attached hydrogens (tertiary/aromatic N) is 1. The molecule has 0 spiro atoms. The normalized spacial score (nSPS) is 14.3. The van der Waals surface area contributed by atoms with Crippen LogP contribution in [0.5, 0.6) is 0 Å². The van der Waals surface area contributed by atoms with Crippen molar-refractivity contribution >= 4 is 13.7 Å². The number of aliphatic hydroxyl groups is 1. The summed E-state index contributed by atoms with van der Waals surface area (Å²) in [5.41, 5.74) is 0. The Morgan fingerprint density at radius 3 is 1.24 bits per heavy atom. The number of hydrogen-bond acceptors (Lipinski definition) is 5. The van der Waals surface area contributed by atoms with Crippen molar-refractivity contribution in [3.8, 4) is 0 Å². The maximum atomic E-state index is 12.9. The first kappa shape index (κ1) is 53.5. The fourth-order valence-corrected chi connectivity index (χ4v) is 7.84. The van der Waals surface area contributed by atoms with E-state index in [1.807, 2.05) is 21.1 Å². The molecule has 3 unspecified atom stereocenters. The largest absolute Gasteiger partial charge is 0.472 e. The highest BCUT2D eigenvalue weighted by atomic mass is 31.2. The molecular weight excluding hydrogens is 695 g/mol. The molecule has 1 amide bonds. The van der Waals surface area contributed by atoms with Crippen LogP contribution in [0.4, 0.5) is 0 Å². The predicted octanol–water partition coefficient (Wildman–Crippen LogP) is 13.0. The number of carbonyl (C=O) groups is 1. The zero-order valence-electron chi connectivity index (χ0n) is 36.7. The fourth-order valence-electron chi connectivity index (χ4n) is 7.11. The summed E-state index contributed by atoms with van der Waals surface area (Å²) in [5.74, 6) is -0.140. The van der Waals surface area contributed by atoms with Crippen molar-refractivity contribution < 1.29 is 32.9 Å². The molecule has 9 heteroatoms. The van der Waals surface area contributed by atoms with Crippen molar-refractivity contribution in [1.82, 2.24) is 5.32 Å². The lowest BCUT2D eigenvalue weighted by atomic mass is 10.0. The van der Waals surface area contributed by atoms with Crippen LogP contribution in [0.15, 0.2) is 0 Å². The first-order chi connectivity index (χ1) is 26.0. The third-order valence-electron chi connectivity index (χ3n) is 10.9. The molecule has 0 aromatic heterocycles. The van der Waals surface area contributed by atoms with Gasteiger partial charge in [-0.15, -0.1) is 0 Å². The lowest BCUT2D eigenvalue weighted by molar-refractivity contribution is -0.870. The number of amides is 1. The molecule has 3 atom stereocenters. The summed E-state index contributed by atoms with van der Waals surface area (Å²) >= 11 is 0. The van der Waals surface area contributed by atoms with E-state index in [9.17, 15) is 19.4 Å². The Kier molecular flexibility index (Phi) is 37.7. The van der Waals surface area contributed by atoms with Gasteiger partial charge in [0.2, 0.25) is 5.91 Å². The van der Waals surface area contributed by atoms with E-state index in [0.717, 1.165) is 38.5 Å². The molecule has 0 aromatic carbocycles. The molecule has 0 radical (unpaired) electrons. The van der Waals surface area contributed by atoms with Gasteiger partial charge in [-0.25, -0.2) is 4.57 Å². The molecule has 0 heterocycles. The highest BCUT2D eigenvalue weighted by Crippen LogP contribution is 2.43. The van der Waals surface area contributed by atoms with Gasteiger partial charge in [0.25, 0.3) is 0 Å². The number of carbonyl (C=O) groups excluding carboxylic acids is 1. The summed E-state index contributed by atoms with van der Waals surface area (Å²) in [6.07, 6.45) is 41.2. The number of nitrogens with one attached hydrogen (secondary N) is 1. The van der Waals surface area contributed by atoms with Gasteiger partial charge in [0.05, 0.1) is 39.9 Å². The van der Waals surface area contributed by atoms with Gasteiger partial charge in [-0.3, -0.25) is 13.8 Å². The third-order valence-corrected chi connectivity index (χ3v) is 11.8. The van der Waals surface area contributed by atoms with Crippen LogP contribution in [0.25, 0.3) is 0 Å². The van der Waals surface area contributed by atoms with Gasteiger partial charge >= 0.3 is 7.82 Å². The van der Waals surface area contributed by atoms with Crippen LogP contribution in [-0.2, 0) is 18.4 Å². The lowest BCUT2D eigenvalue weighted by Gasteiger charge is -2.26. The van der Waals surface area contributed by atoms with Crippen molar-refractivity contribution in [2.75, 3.05) is 40.9 Å². The maximum absolute atomic E-state index is 12.9. The first-order valence-corrected chi connectivity index (χ1v) is 24.9. The Morgan fingerprint density at radius 2 is 0.889 bits per heavy atom. The minimum Gasteiger partial charge on any atom is -0.391 e. The number of unbranched alkanes of at least 4 members (excludes halogenated alkanes) is 30. The average molecular weight is 790 g/mol. The van der Waals surface area contributed by atoms with Crippen LogP contribution in [0.2, 0.25) is 0 Å². The van der Waals surface area contributed by atoms with Gasteiger partial charge in [0.15, 0.2) is 0 Å². The fraction of sp³-hybridized carbons (Fsp3) is 0.978. The Balaban J connectivity index is 4.30. The van der Waals surface area contributed by atoms with Crippen LogP contribution >= 0.6 is 7.82 Å². The zero-order valence-corrected chi connectivity index (χ0v) is 37.6. The molecule has 0 aliphatic heterocycles. The van der Waals surface area contributed by atoms with Crippen molar-refractivity contribution in [3.05, 3.63) is 0 Å². The van der Waals surface area contributed by atoms with E-state index in [4.69, 9.17) is 9.05 Å². The molecule has 8 nitrogen and oxygen atoms in total. The number of rotatable bonds is 43. The van der Waals surface area contributed by atoms with Crippen LogP contribution < -0.4 is 5.32 Å². The van der Waals surface area contributed by atoms with E-state index in [1.54, 1.807) is 0 Å².